The highest BCUT2D eigenvalue weighted by atomic mass is 16.2. The fourth-order valence-electron chi connectivity index (χ4n) is 4.86. The average molecular weight is 412 g/mol. The van der Waals surface area contributed by atoms with Gasteiger partial charge in [-0.3, -0.25) is 9.36 Å². The lowest BCUT2D eigenvalue weighted by Gasteiger charge is -2.26. The molecule has 1 aromatic heterocycles. The molecule has 160 valence electrons. The van der Waals surface area contributed by atoms with Crippen LogP contribution in [0.3, 0.4) is 0 Å². The third-order valence-corrected chi connectivity index (χ3v) is 6.37. The van der Waals surface area contributed by atoms with Crippen LogP contribution in [0.15, 0.2) is 30.5 Å². The molecule has 3 amide bonds. The number of ketones is 1. The Morgan fingerprint density at radius 2 is 1.83 bits per heavy atom. The molecule has 1 aliphatic carbocycles. The van der Waals surface area contributed by atoms with Crippen molar-refractivity contribution in [1.82, 2.24) is 9.47 Å². The summed E-state index contributed by atoms with van der Waals surface area (Å²) in [6.07, 6.45) is 8.29. The van der Waals surface area contributed by atoms with Gasteiger partial charge in [0.05, 0.1) is 17.2 Å². The van der Waals surface area contributed by atoms with Crippen molar-refractivity contribution in [2.75, 3.05) is 11.9 Å². The van der Waals surface area contributed by atoms with Crippen molar-refractivity contribution in [3.05, 3.63) is 30.5 Å². The molecule has 8 heteroatoms. The summed E-state index contributed by atoms with van der Waals surface area (Å²) < 4.78 is 1.30. The van der Waals surface area contributed by atoms with Crippen molar-refractivity contribution in [3.8, 4) is 0 Å². The highest BCUT2D eigenvalue weighted by molar-refractivity contribution is 6.05. The number of Topliss-reactive ketones (excluding diaryl/α,β-unsaturated/α-hetero) is 1. The number of likely N-dealkylation sites (tertiary alicyclic amines) is 1. The van der Waals surface area contributed by atoms with Crippen molar-refractivity contribution in [2.45, 2.75) is 57.0 Å². The Balaban J connectivity index is 1.51. The van der Waals surface area contributed by atoms with Crippen LogP contribution in [0.1, 0.15) is 44.9 Å². The molecule has 2 aromatic rings. The highest BCUT2D eigenvalue weighted by Crippen LogP contribution is 2.30. The molecule has 1 aliphatic heterocycles. The number of primary amides is 1. The van der Waals surface area contributed by atoms with E-state index in [1.807, 2.05) is 12.1 Å². The van der Waals surface area contributed by atoms with Crippen LogP contribution in [0.2, 0.25) is 0 Å². The van der Waals surface area contributed by atoms with E-state index >= 15 is 0 Å². The van der Waals surface area contributed by atoms with E-state index < -0.39 is 12.1 Å². The summed E-state index contributed by atoms with van der Waals surface area (Å²) in [7, 11) is 0. The van der Waals surface area contributed by atoms with E-state index in [9.17, 15) is 14.4 Å². The van der Waals surface area contributed by atoms with Gasteiger partial charge in [0.15, 0.2) is 5.78 Å². The lowest BCUT2D eigenvalue weighted by molar-refractivity contribution is -0.123. The first kappa shape index (κ1) is 20.4. The van der Waals surface area contributed by atoms with Crippen LogP contribution in [-0.2, 0) is 4.79 Å². The van der Waals surface area contributed by atoms with Crippen LogP contribution >= 0.6 is 0 Å². The van der Waals surface area contributed by atoms with Gasteiger partial charge in [-0.05, 0) is 18.4 Å². The minimum atomic E-state index is -0.629. The number of nitrogens with zero attached hydrogens (tertiary/aromatic N) is 2. The lowest BCUT2D eigenvalue weighted by atomic mass is 9.84. The molecule has 0 bridgehead atoms. The highest BCUT2D eigenvalue weighted by Gasteiger charge is 2.38. The molecular weight excluding hydrogens is 382 g/mol. The molecule has 0 radical (unpaired) electrons. The second kappa shape index (κ2) is 8.47. The Hall–Kier alpha value is -2.87. The Bertz CT molecular complexity index is 963. The second-order valence-electron chi connectivity index (χ2n) is 8.54. The maximum atomic E-state index is 13.1. The number of anilines is 1. The zero-order valence-corrected chi connectivity index (χ0v) is 17.0. The van der Waals surface area contributed by atoms with Gasteiger partial charge in [0.2, 0.25) is 0 Å². The number of carbonyl (C=O) groups excluding carboxylic acids is 3. The minimum absolute atomic E-state index is 0.101. The van der Waals surface area contributed by atoms with Crippen molar-refractivity contribution in [3.63, 3.8) is 0 Å². The van der Waals surface area contributed by atoms with Gasteiger partial charge in [0.1, 0.15) is 0 Å². The van der Waals surface area contributed by atoms with Crippen LogP contribution in [0.4, 0.5) is 15.3 Å². The number of hydrogen-bond acceptors (Lipinski definition) is 4. The molecule has 2 aliphatic rings. The third kappa shape index (κ3) is 4.05. The van der Waals surface area contributed by atoms with Gasteiger partial charge in [-0.15, -0.1) is 0 Å². The smallest absolute Gasteiger partial charge is 0.323 e. The van der Waals surface area contributed by atoms with Gasteiger partial charge in [0, 0.05) is 30.6 Å². The molecule has 5 N–H and O–H groups in total. The Kier molecular flexibility index (Phi) is 5.76. The summed E-state index contributed by atoms with van der Waals surface area (Å²) in [5.41, 5.74) is 12.7. The maximum Gasteiger partial charge on any atom is 0.323 e. The number of nitrogens with one attached hydrogen (secondary N) is 1. The number of amides is 3. The molecule has 30 heavy (non-hydrogen) atoms. The molecule has 4 rings (SSSR count). The molecule has 2 fully saturated rings. The predicted octanol–water partition coefficient (Wildman–Crippen LogP) is 3.04. The molecular formula is C22H29N5O3. The number of fused-ring (bicyclic) bond motifs is 1. The minimum Gasteiger partial charge on any atom is -0.351 e. The van der Waals surface area contributed by atoms with Crippen LogP contribution in [0.5, 0.6) is 0 Å². The number of urea groups is 1. The summed E-state index contributed by atoms with van der Waals surface area (Å²) in [6.45, 7) is 0.335. The zero-order valence-electron chi connectivity index (χ0n) is 17.0. The number of rotatable bonds is 4. The number of hydrogen-bond donors (Lipinski definition) is 3. The van der Waals surface area contributed by atoms with Crippen LogP contribution < -0.4 is 16.8 Å². The summed E-state index contributed by atoms with van der Waals surface area (Å²) in [4.78, 5) is 39.4. The summed E-state index contributed by atoms with van der Waals surface area (Å²) in [5, 5.41) is 3.57. The van der Waals surface area contributed by atoms with Crippen molar-refractivity contribution >= 4 is 34.4 Å². The summed E-state index contributed by atoms with van der Waals surface area (Å²) >= 11 is 0. The second-order valence-corrected chi connectivity index (χ2v) is 8.54. The van der Waals surface area contributed by atoms with Crippen molar-refractivity contribution in [1.29, 1.82) is 0 Å². The average Bonchev–Trinajstić information content (AvgIpc) is 3.30. The quantitative estimate of drug-likeness (QED) is 0.715. The van der Waals surface area contributed by atoms with Gasteiger partial charge in [0.25, 0.3) is 0 Å². The topological polar surface area (TPSA) is 123 Å². The molecule has 1 saturated heterocycles. The number of carbonyl (C=O) groups is 3. The standard InChI is InChI=1S/C22H29N5O3/c23-15-11-19(20(28)10-14-6-2-1-3-7-14)27(12-15)22(30)25-17-13-26(21(24)29)18-9-5-4-8-16(17)18/h4-5,8-9,13-15,19H,1-3,6-7,10-12,23H2,(H2,24,29)(H,25,30)/t15-,19-/m0/s1. The van der Waals surface area contributed by atoms with Crippen LogP contribution in [0, 0.1) is 5.92 Å². The number of aromatic nitrogens is 1. The van der Waals surface area contributed by atoms with Crippen molar-refractivity contribution in [2.24, 2.45) is 17.4 Å². The molecule has 2 atom stereocenters. The van der Waals surface area contributed by atoms with Gasteiger partial charge in [-0.1, -0.05) is 50.3 Å². The third-order valence-electron chi connectivity index (χ3n) is 6.37. The molecule has 0 spiro atoms. The Morgan fingerprint density at radius 3 is 2.57 bits per heavy atom. The fraction of sp³-hybridized carbons (Fsp3) is 0.500. The predicted molar refractivity (Wildman–Crippen MR) is 115 cm³/mol. The fourth-order valence-corrected chi connectivity index (χ4v) is 4.86. The van der Waals surface area contributed by atoms with Gasteiger partial charge >= 0.3 is 12.1 Å². The lowest BCUT2D eigenvalue weighted by Crippen LogP contribution is -2.43. The Morgan fingerprint density at radius 1 is 1.10 bits per heavy atom. The van der Waals surface area contributed by atoms with Crippen LogP contribution in [-0.4, -0.2) is 45.9 Å². The Labute approximate surface area is 175 Å². The molecule has 8 nitrogen and oxygen atoms in total. The van der Waals surface area contributed by atoms with Gasteiger partial charge in [-0.25, -0.2) is 9.59 Å². The maximum absolute atomic E-state index is 13.1. The van der Waals surface area contributed by atoms with E-state index in [-0.39, 0.29) is 17.9 Å². The largest absolute Gasteiger partial charge is 0.351 e. The molecule has 2 heterocycles. The number of para-hydroxylation sites is 1. The van der Waals surface area contributed by atoms with Crippen LogP contribution in [0.25, 0.3) is 10.9 Å². The van der Waals surface area contributed by atoms with E-state index in [4.69, 9.17) is 11.5 Å². The first-order chi connectivity index (χ1) is 14.4. The molecule has 1 aromatic carbocycles. The van der Waals surface area contributed by atoms with E-state index in [2.05, 4.69) is 5.32 Å². The molecule has 1 saturated carbocycles. The van der Waals surface area contributed by atoms with Gasteiger partial charge < -0.3 is 21.7 Å². The normalized spacial score (nSPS) is 22.4. The van der Waals surface area contributed by atoms with E-state index in [0.29, 0.717) is 41.9 Å². The monoisotopic (exact) mass is 411 g/mol. The van der Waals surface area contributed by atoms with E-state index in [0.717, 1.165) is 12.8 Å². The zero-order chi connectivity index (χ0) is 21.3. The first-order valence-electron chi connectivity index (χ1n) is 10.7. The van der Waals surface area contributed by atoms with Crippen molar-refractivity contribution < 1.29 is 14.4 Å². The first-order valence-corrected chi connectivity index (χ1v) is 10.7. The summed E-state index contributed by atoms with van der Waals surface area (Å²) in [5.74, 6) is 0.520. The summed E-state index contributed by atoms with van der Waals surface area (Å²) in [6, 6.07) is 5.48. The van der Waals surface area contributed by atoms with E-state index in [1.165, 1.54) is 30.0 Å². The van der Waals surface area contributed by atoms with E-state index in [1.54, 1.807) is 17.0 Å². The molecule has 0 unspecified atom stereocenters. The number of nitrogens with two attached hydrogens (primary N) is 2. The SMILES string of the molecule is NC(=O)n1cc(NC(=O)N2C[C@@H](N)C[C@H]2C(=O)CC2CCCCC2)c2ccccc21. The van der Waals surface area contributed by atoms with Gasteiger partial charge in [-0.2, -0.15) is 0 Å². The number of benzene rings is 1.